The summed E-state index contributed by atoms with van der Waals surface area (Å²) in [5, 5.41) is 3.72. The number of nitrogens with one attached hydrogen (secondary N) is 1. The molecule has 2 aliphatic heterocycles. The Morgan fingerprint density at radius 2 is 2.06 bits per heavy atom. The Morgan fingerprint density at radius 3 is 2.88 bits per heavy atom. The van der Waals surface area contributed by atoms with E-state index in [1.165, 1.54) is 58.0 Å². The molecule has 0 aromatic carbocycles. The molecular formula is C14H28N2O. The van der Waals surface area contributed by atoms with Crippen LogP contribution in [0, 0.1) is 0 Å². The third-order valence-corrected chi connectivity index (χ3v) is 4.13. The zero-order valence-corrected chi connectivity index (χ0v) is 11.3. The van der Waals surface area contributed by atoms with Gasteiger partial charge in [-0.25, -0.2) is 0 Å². The van der Waals surface area contributed by atoms with Crippen LogP contribution < -0.4 is 5.32 Å². The largest absolute Gasteiger partial charge is 0.378 e. The molecule has 0 aromatic heterocycles. The number of nitrogens with zero attached hydrogens (tertiary/aromatic N) is 1. The molecule has 2 atom stereocenters. The van der Waals surface area contributed by atoms with E-state index in [1.807, 2.05) is 0 Å². The summed E-state index contributed by atoms with van der Waals surface area (Å²) in [6.45, 7) is 4.64. The molecule has 2 unspecified atom stereocenters. The minimum absolute atomic E-state index is 0.532. The fraction of sp³-hybridized carbons (Fsp3) is 1.00. The lowest BCUT2D eigenvalue weighted by Crippen LogP contribution is -2.33. The van der Waals surface area contributed by atoms with Crippen molar-refractivity contribution in [3.8, 4) is 0 Å². The molecule has 3 heteroatoms. The van der Waals surface area contributed by atoms with Crippen molar-refractivity contribution in [1.82, 2.24) is 10.2 Å². The highest BCUT2D eigenvalue weighted by Crippen LogP contribution is 2.15. The van der Waals surface area contributed by atoms with Crippen molar-refractivity contribution in [2.45, 2.75) is 57.1 Å². The standard InChI is InChI=1S/C14H28N2O/c1-16-10-4-5-13(8-11-16)15-9-7-14-6-2-3-12-17-14/h13-15H,2-12H2,1H3. The number of hydrogen-bond acceptors (Lipinski definition) is 3. The summed E-state index contributed by atoms with van der Waals surface area (Å²) in [6.07, 6.45) is 9.62. The van der Waals surface area contributed by atoms with Crippen LogP contribution in [-0.4, -0.2) is 50.3 Å². The molecular weight excluding hydrogens is 212 g/mol. The second-order valence-corrected chi connectivity index (χ2v) is 5.66. The van der Waals surface area contributed by atoms with Gasteiger partial charge in [-0.1, -0.05) is 0 Å². The highest BCUT2D eigenvalue weighted by Gasteiger charge is 2.16. The summed E-state index contributed by atoms with van der Waals surface area (Å²) in [6, 6.07) is 0.739. The van der Waals surface area contributed by atoms with Crippen molar-refractivity contribution in [3.05, 3.63) is 0 Å². The van der Waals surface area contributed by atoms with Gasteiger partial charge in [-0.05, 0) is 71.6 Å². The molecule has 2 fully saturated rings. The van der Waals surface area contributed by atoms with Gasteiger partial charge in [-0.2, -0.15) is 0 Å². The minimum Gasteiger partial charge on any atom is -0.378 e. The molecule has 0 aliphatic carbocycles. The molecule has 0 amide bonds. The van der Waals surface area contributed by atoms with Crippen molar-refractivity contribution >= 4 is 0 Å². The van der Waals surface area contributed by atoms with Crippen LogP contribution in [0.2, 0.25) is 0 Å². The lowest BCUT2D eigenvalue weighted by molar-refractivity contribution is 0.0111. The van der Waals surface area contributed by atoms with Gasteiger partial charge in [0.05, 0.1) is 6.10 Å². The van der Waals surface area contributed by atoms with Gasteiger partial charge in [-0.3, -0.25) is 0 Å². The average Bonchev–Trinajstić information content (AvgIpc) is 2.56. The molecule has 2 aliphatic rings. The summed E-state index contributed by atoms with van der Waals surface area (Å²) in [5.74, 6) is 0. The Balaban J connectivity index is 1.57. The third-order valence-electron chi connectivity index (χ3n) is 4.13. The first-order valence-electron chi connectivity index (χ1n) is 7.38. The van der Waals surface area contributed by atoms with E-state index in [9.17, 15) is 0 Å². The maximum absolute atomic E-state index is 5.76. The fourth-order valence-corrected chi connectivity index (χ4v) is 2.93. The predicted octanol–water partition coefficient (Wildman–Crippen LogP) is 2.02. The summed E-state index contributed by atoms with van der Waals surface area (Å²) in [7, 11) is 2.23. The van der Waals surface area contributed by atoms with Crippen molar-refractivity contribution in [2.24, 2.45) is 0 Å². The van der Waals surface area contributed by atoms with Crippen molar-refractivity contribution in [3.63, 3.8) is 0 Å². The van der Waals surface area contributed by atoms with Crippen LogP contribution >= 0.6 is 0 Å². The maximum Gasteiger partial charge on any atom is 0.0587 e. The normalized spacial score (nSPS) is 32.3. The fourth-order valence-electron chi connectivity index (χ4n) is 2.93. The molecule has 2 saturated heterocycles. The quantitative estimate of drug-likeness (QED) is 0.813. The van der Waals surface area contributed by atoms with Crippen LogP contribution in [0.15, 0.2) is 0 Å². The smallest absolute Gasteiger partial charge is 0.0587 e. The average molecular weight is 240 g/mol. The van der Waals surface area contributed by atoms with E-state index >= 15 is 0 Å². The SMILES string of the molecule is CN1CCCC(NCCC2CCCCO2)CC1. The van der Waals surface area contributed by atoms with Gasteiger partial charge in [0.25, 0.3) is 0 Å². The summed E-state index contributed by atoms with van der Waals surface area (Å²) < 4.78 is 5.76. The van der Waals surface area contributed by atoms with Crippen molar-refractivity contribution < 1.29 is 4.74 Å². The van der Waals surface area contributed by atoms with E-state index < -0.39 is 0 Å². The Labute approximate surface area is 106 Å². The zero-order chi connectivity index (χ0) is 11.9. The lowest BCUT2D eigenvalue weighted by atomic mass is 10.1. The van der Waals surface area contributed by atoms with Gasteiger partial charge in [0, 0.05) is 12.6 Å². The molecule has 2 heterocycles. The number of likely N-dealkylation sites (tertiary alicyclic amines) is 1. The van der Waals surface area contributed by atoms with Crippen molar-refractivity contribution in [1.29, 1.82) is 0 Å². The molecule has 3 nitrogen and oxygen atoms in total. The van der Waals surface area contributed by atoms with Crippen LogP contribution in [0.25, 0.3) is 0 Å². The van der Waals surface area contributed by atoms with Gasteiger partial charge >= 0.3 is 0 Å². The molecule has 100 valence electrons. The van der Waals surface area contributed by atoms with Crippen LogP contribution in [-0.2, 0) is 4.74 Å². The number of hydrogen-bond donors (Lipinski definition) is 1. The maximum atomic E-state index is 5.76. The lowest BCUT2D eigenvalue weighted by Gasteiger charge is -2.24. The molecule has 2 rings (SSSR count). The van der Waals surface area contributed by atoms with E-state index in [2.05, 4.69) is 17.3 Å². The van der Waals surface area contributed by atoms with Crippen LogP contribution in [0.1, 0.15) is 44.9 Å². The van der Waals surface area contributed by atoms with E-state index in [0.29, 0.717) is 6.10 Å². The van der Waals surface area contributed by atoms with E-state index in [-0.39, 0.29) is 0 Å². The molecule has 0 saturated carbocycles. The second kappa shape index (κ2) is 7.34. The molecule has 0 bridgehead atoms. The first kappa shape index (κ1) is 13.3. The first-order chi connectivity index (χ1) is 8.34. The number of ether oxygens (including phenoxy) is 1. The molecule has 0 radical (unpaired) electrons. The van der Waals surface area contributed by atoms with Crippen LogP contribution in [0.3, 0.4) is 0 Å². The van der Waals surface area contributed by atoms with Crippen molar-refractivity contribution in [2.75, 3.05) is 33.3 Å². The molecule has 1 N–H and O–H groups in total. The van der Waals surface area contributed by atoms with Crippen LogP contribution in [0.4, 0.5) is 0 Å². The molecule has 0 aromatic rings. The van der Waals surface area contributed by atoms with Gasteiger partial charge in [0.15, 0.2) is 0 Å². The van der Waals surface area contributed by atoms with E-state index in [1.54, 1.807) is 0 Å². The zero-order valence-electron chi connectivity index (χ0n) is 11.3. The first-order valence-corrected chi connectivity index (χ1v) is 7.38. The van der Waals surface area contributed by atoms with Crippen LogP contribution in [0.5, 0.6) is 0 Å². The summed E-state index contributed by atoms with van der Waals surface area (Å²) in [4.78, 5) is 2.45. The Kier molecular flexibility index (Phi) is 5.75. The molecule has 0 spiro atoms. The number of rotatable bonds is 4. The minimum atomic E-state index is 0.532. The van der Waals surface area contributed by atoms with Gasteiger partial charge in [0.2, 0.25) is 0 Å². The highest BCUT2D eigenvalue weighted by molar-refractivity contribution is 4.74. The van der Waals surface area contributed by atoms with E-state index in [0.717, 1.165) is 19.2 Å². The van der Waals surface area contributed by atoms with E-state index in [4.69, 9.17) is 4.74 Å². The van der Waals surface area contributed by atoms with Gasteiger partial charge in [0.1, 0.15) is 0 Å². The Bertz CT molecular complexity index is 204. The van der Waals surface area contributed by atoms with Gasteiger partial charge in [-0.15, -0.1) is 0 Å². The monoisotopic (exact) mass is 240 g/mol. The predicted molar refractivity (Wildman–Crippen MR) is 71.3 cm³/mol. The second-order valence-electron chi connectivity index (χ2n) is 5.66. The summed E-state index contributed by atoms with van der Waals surface area (Å²) in [5.41, 5.74) is 0. The summed E-state index contributed by atoms with van der Waals surface area (Å²) >= 11 is 0. The Hall–Kier alpha value is -0.120. The Morgan fingerprint density at radius 1 is 1.12 bits per heavy atom. The third kappa shape index (κ3) is 4.94. The topological polar surface area (TPSA) is 24.5 Å². The highest BCUT2D eigenvalue weighted by atomic mass is 16.5. The van der Waals surface area contributed by atoms with Gasteiger partial charge < -0.3 is 15.0 Å². The molecule has 17 heavy (non-hydrogen) atoms.